The third-order valence-electron chi connectivity index (χ3n) is 3.01. The number of methoxy groups -OCH3 is 1. The summed E-state index contributed by atoms with van der Waals surface area (Å²) in [4.78, 5) is 5.98. The Bertz CT molecular complexity index is 345. The fourth-order valence-electron chi connectivity index (χ4n) is 1.65. The number of rotatable bonds is 7. The van der Waals surface area contributed by atoms with E-state index in [0.29, 0.717) is 24.8 Å². The molecule has 0 saturated heterocycles. The van der Waals surface area contributed by atoms with Crippen molar-refractivity contribution >= 4 is 0 Å². The summed E-state index contributed by atoms with van der Waals surface area (Å²) in [6, 6.07) is 3.12. The molecule has 5 heteroatoms. The van der Waals surface area contributed by atoms with Gasteiger partial charge >= 0.3 is 0 Å². The van der Waals surface area contributed by atoms with Crippen LogP contribution in [0.15, 0.2) is 18.3 Å². The van der Waals surface area contributed by atoms with E-state index in [-0.39, 0.29) is 0 Å². The summed E-state index contributed by atoms with van der Waals surface area (Å²) in [6.07, 6.45) is 1.02. The topological polar surface area (TPSA) is 45.6 Å². The molecular weight excluding hydrogens is 235 g/mol. The Kier molecular flexibility index (Phi) is 6.18. The number of pyridine rings is 1. The van der Waals surface area contributed by atoms with Crippen molar-refractivity contribution in [3.8, 4) is 0 Å². The molecule has 4 nitrogen and oxygen atoms in total. The molecule has 0 amide bonds. The molecule has 1 rings (SSSR count). The van der Waals surface area contributed by atoms with Crippen molar-refractivity contribution < 1.29 is 14.2 Å². The first kappa shape index (κ1) is 15.0. The van der Waals surface area contributed by atoms with E-state index < -0.39 is 11.9 Å². The molecular formula is C13H21FN2O2. The molecule has 1 aromatic rings. The lowest BCUT2D eigenvalue weighted by Gasteiger charge is -2.24. The highest BCUT2D eigenvalue weighted by Crippen LogP contribution is 2.15. The Morgan fingerprint density at radius 2 is 2.22 bits per heavy atom. The van der Waals surface area contributed by atoms with Crippen LogP contribution in [0.3, 0.4) is 0 Å². The molecule has 2 unspecified atom stereocenters. The zero-order chi connectivity index (χ0) is 13.5. The van der Waals surface area contributed by atoms with Crippen LogP contribution in [0.4, 0.5) is 4.39 Å². The molecule has 0 fully saturated rings. The van der Waals surface area contributed by atoms with Crippen LogP contribution in [0.25, 0.3) is 0 Å². The number of ether oxygens (including phenoxy) is 1. The lowest BCUT2D eigenvalue weighted by molar-refractivity contribution is 0.0949. The zero-order valence-electron chi connectivity index (χ0n) is 11.1. The minimum atomic E-state index is -0.664. The number of aliphatic hydroxyl groups is 1. The van der Waals surface area contributed by atoms with Crippen molar-refractivity contribution in [3.63, 3.8) is 0 Å². The number of halogens is 1. The number of likely N-dealkylation sites (N-methyl/N-ethyl adjacent to an activating group) is 1. The standard InChI is InChI=1S/C13H21FN2O2/c1-10(9-18-3)16(2)7-6-13(17)12-5-4-11(14)8-15-12/h4-5,8,10,13,17H,6-7,9H2,1-3H3. The van der Waals surface area contributed by atoms with Crippen molar-refractivity contribution in [2.24, 2.45) is 0 Å². The van der Waals surface area contributed by atoms with Crippen molar-refractivity contribution in [1.29, 1.82) is 0 Å². The molecule has 0 bridgehead atoms. The second kappa shape index (κ2) is 7.41. The highest BCUT2D eigenvalue weighted by Gasteiger charge is 2.13. The van der Waals surface area contributed by atoms with Crippen molar-refractivity contribution in [2.75, 3.05) is 27.3 Å². The Hall–Kier alpha value is -1.04. The zero-order valence-corrected chi connectivity index (χ0v) is 11.1. The van der Waals surface area contributed by atoms with Crippen molar-refractivity contribution in [1.82, 2.24) is 9.88 Å². The van der Waals surface area contributed by atoms with Gasteiger partial charge < -0.3 is 14.7 Å². The molecule has 0 aliphatic rings. The lowest BCUT2D eigenvalue weighted by Crippen LogP contribution is -2.34. The Morgan fingerprint density at radius 3 is 2.78 bits per heavy atom. The Morgan fingerprint density at radius 1 is 1.50 bits per heavy atom. The molecule has 0 radical (unpaired) electrons. The summed E-state index contributed by atoms with van der Waals surface area (Å²) in [7, 11) is 3.65. The second-order valence-corrected chi connectivity index (χ2v) is 4.49. The molecule has 1 heterocycles. The van der Waals surface area contributed by atoms with Crippen LogP contribution < -0.4 is 0 Å². The molecule has 0 aromatic carbocycles. The van der Waals surface area contributed by atoms with Gasteiger partial charge in [-0.25, -0.2) is 4.39 Å². The second-order valence-electron chi connectivity index (χ2n) is 4.49. The third kappa shape index (κ3) is 4.68. The molecule has 2 atom stereocenters. The van der Waals surface area contributed by atoms with Crippen molar-refractivity contribution in [2.45, 2.75) is 25.5 Å². The summed E-state index contributed by atoms with van der Waals surface area (Å²) in [5.74, 6) is -0.392. The van der Waals surface area contributed by atoms with Gasteiger partial charge in [0, 0.05) is 19.7 Å². The summed E-state index contributed by atoms with van der Waals surface area (Å²) < 4.78 is 17.8. The SMILES string of the molecule is COCC(C)N(C)CCC(O)c1ccc(F)cn1. The van der Waals surface area contributed by atoms with E-state index in [1.807, 2.05) is 7.05 Å². The van der Waals surface area contributed by atoms with Crippen LogP contribution in [0.2, 0.25) is 0 Å². The van der Waals surface area contributed by atoms with Gasteiger partial charge in [0.1, 0.15) is 5.82 Å². The average molecular weight is 256 g/mol. The number of nitrogens with zero attached hydrogens (tertiary/aromatic N) is 2. The molecule has 0 aliphatic carbocycles. The molecule has 18 heavy (non-hydrogen) atoms. The largest absolute Gasteiger partial charge is 0.387 e. The van der Waals surface area contributed by atoms with Crippen LogP contribution in [0.1, 0.15) is 25.1 Å². The smallest absolute Gasteiger partial charge is 0.141 e. The van der Waals surface area contributed by atoms with Crippen molar-refractivity contribution in [3.05, 3.63) is 29.8 Å². The fraction of sp³-hybridized carbons (Fsp3) is 0.615. The summed E-state index contributed by atoms with van der Waals surface area (Å²) in [6.45, 7) is 3.44. The van der Waals surface area contributed by atoms with Crippen LogP contribution >= 0.6 is 0 Å². The first-order valence-corrected chi connectivity index (χ1v) is 6.03. The fourth-order valence-corrected chi connectivity index (χ4v) is 1.65. The van der Waals surface area contributed by atoms with E-state index in [1.54, 1.807) is 7.11 Å². The minimum Gasteiger partial charge on any atom is -0.387 e. The van der Waals surface area contributed by atoms with Gasteiger partial charge in [-0.2, -0.15) is 0 Å². The van der Waals surface area contributed by atoms with E-state index in [0.717, 1.165) is 12.7 Å². The lowest BCUT2D eigenvalue weighted by atomic mass is 10.1. The van der Waals surface area contributed by atoms with Gasteiger partial charge in [0.05, 0.1) is 24.6 Å². The van der Waals surface area contributed by atoms with Crippen LogP contribution in [-0.4, -0.2) is 48.3 Å². The highest BCUT2D eigenvalue weighted by molar-refractivity contribution is 5.07. The molecule has 0 spiro atoms. The van der Waals surface area contributed by atoms with Gasteiger partial charge in [-0.05, 0) is 32.5 Å². The maximum atomic E-state index is 12.7. The molecule has 1 N–H and O–H groups in total. The first-order chi connectivity index (χ1) is 8.54. The number of aliphatic hydroxyl groups excluding tert-OH is 1. The van der Waals surface area contributed by atoms with Crippen LogP contribution in [0, 0.1) is 5.82 Å². The maximum Gasteiger partial charge on any atom is 0.141 e. The van der Waals surface area contributed by atoms with E-state index in [2.05, 4.69) is 16.8 Å². The van der Waals surface area contributed by atoms with E-state index >= 15 is 0 Å². The quantitative estimate of drug-likeness (QED) is 0.805. The van der Waals surface area contributed by atoms with Gasteiger partial charge in [-0.1, -0.05) is 0 Å². The highest BCUT2D eigenvalue weighted by atomic mass is 19.1. The maximum absolute atomic E-state index is 12.7. The predicted molar refractivity (Wildman–Crippen MR) is 67.7 cm³/mol. The van der Waals surface area contributed by atoms with Crippen LogP contribution in [0.5, 0.6) is 0 Å². The van der Waals surface area contributed by atoms with E-state index in [1.165, 1.54) is 12.1 Å². The number of hydrogen-bond donors (Lipinski definition) is 1. The Balaban J connectivity index is 2.41. The predicted octanol–water partition coefficient (Wildman–Crippen LogP) is 1.61. The van der Waals surface area contributed by atoms with E-state index in [4.69, 9.17) is 4.74 Å². The molecule has 0 aliphatic heterocycles. The minimum absolute atomic E-state index is 0.295. The normalized spacial score (nSPS) is 14.8. The van der Waals surface area contributed by atoms with Gasteiger partial charge in [0.25, 0.3) is 0 Å². The summed E-state index contributed by atoms with van der Waals surface area (Å²) in [5.41, 5.74) is 0.504. The van der Waals surface area contributed by atoms with Gasteiger partial charge in [-0.3, -0.25) is 4.98 Å². The third-order valence-corrected chi connectivity index (χ3v) is 3.01. The Labute approximate surface area is 107 Å². The summed E-state index contributed by atoms with van der Waals surface area (Å²) in [5, 5.41) is 9.93. The first-order valence-electron chi connectivity index (χ1n) is 6.03. The number of hydrogen-bond acceptors (Lipinski definition) is 4. The molecule has 102 valence electrons. The summed E-state index contributed by atoms with van der Waals surface area (Å²) >= 11 is 0. The average Bonchev–Trinajstić information content (AvgIpc) is 2.36. The molecule has 1 aromatic heterocycles. The van der Waals surface area contributed by atoms with Gasteiger partial charge in [0.2, 0.25) is 0 Å². The number of aromatic nitrogens is 1. The van der Waals surface area contributed by atoms with Gasteiger partial charge in [0.15, 0.2) is 0 Å². The van der Waals surface area contributed by atoms with Crippen LogP contribution in [-0.2, 0) is 4.74 Å². The van der Waals surface area contributed by atoms with Gasteiger partial charge in [-0.15, -0.1) is 0 Å². The molecule has 0 saturated carbocycles. The van der Waals surface area contributed by atoms with E-state index in [9.17, 15) is 9.50 Å². The monoisotopic (exact) mass is 256 g/mol.